The van der Waals surface area contributed by atoms with Crippen molar-refractivity contribution >= 4 is 17.0 Å². The maximum atomic E-state index is 7.94. The van der Waals surface area contributed by atoms with Crippen LogP contribution in [0.2, 0.25) is 0 Å². The van der Waals surface area contributed by atoms with Crippen LogP contribution in [0.5, 0.6) is 5.75 Å². The minimum atomic E-state index is -1.97. The fraction of sp³-hybridized carbons (Fsp3) is 0.667. The van der Waals surface area contributed by atoms with Crippen LogP contribution in [0.3, 0.4) is 0 Å². The van der Waals surface area contributed by atoms with Crippen molar-refractivity contribution in [1.29, 1.82) is 0 Å². The van der Waals surface area contributed by atoms with Crippen molar-refractivity contribution in [2.45, 2.75) is 50.0 Å². The minimum Gasteiger partial charge on any atom is -0.497 e. The number of likely N-dealkylation sites (N-methyl/N-ethyl adjacent to an activating group) is 1. The van der Waals surface area contributed by atoms with Gasteiger partial charge in [-0.2, -0.15) is 0 Å². The molecule has 3 heteroatoms. The third-order valence-electron chi connectivity index (χ3n) is 6.04. The Morgan fingerprint density at radius 1 is 1.33 bits per heavy atom. The van der Waals surface area contributed by atoms with Gasteiger partial charge in [-0.25, -0.2) is 0 Å². The van der Waals surface area contributed by atoms with Crippen molar-refractivity contribution in [2.75, 3.05) is 20.6 Å². The summed E-state index contributed by atoms with van der Waals surface area (Å²) in [4.78, 5) is 1.81. The molecule has 1 heterocycles. The molecular formula is C18H26BrNO. The monoisotopic (exact) mass is 355 g/mol. The number of hydrogen-bond donors (Lipinski definition) is 0. The summed E-state index contributed by atoms with van der Waals surface area (Å²) in [6, 6.07) is 6.58. The van der Waals surface area contributed by atoms with Crippen LogP contribution in [0.25, 0.3) is 0 Å². The molecule has 21 heavy (non-hydrogen) atoms. The molecule has 0 spiro atoms. The fourth-order valence-corrected chi connectivity index (χ4v) is 5.11. The first-order valence-corrected chi connectivity index (χ1v) is 7.90. The Balaban J connectivity index is 0.00000169. The number of piperidine rings is 1. The number of benzene rings is 1. The molecule has 1 aromatic carbocycles. The second kappa shape index (κ2) is 5.58. The Bertz CT molecular complexity index is 621. The zero-order valence-corrected chi connectivity index (χ0v) is 14.3. The van der Waals surface area contributed by atoms with E-state index in [1.165, 1.54) is 30.4 Å². The second-order valence-corrected chi connectivity index (χ2v) is 6.75. The molecule has 4 rings (SSSR count). The smallest absolute Gasteiger partial charge is 0.119 e. The largest absolute Gasteiger partial charge is 0.497 e. The van der Waals surface area contributed by atoms with Crippen molar-refractivity contribution in [3.05, 3.63) is 29.3 Å². The van der Waals surface area contributed by atoms with Gasteiger partial charge in [0.1, 0.15) is 5.75 Å². The van der Waals surface area contributed by atoms with Crippen molar-refractivity contribution < 1.29 is 8.85 Å². The molecule has 3 aliphatic rings. The molecule has 1 aromatic rings. The third kappa shape index (κ3) is 2.16. The summed E-state index contributed by atoms with van der Waals surface area (Å²) in [5, 5.41) is 0. The summed E-state index contributed by atoms with van der Waals surface area (Å²) in [7, 11) is 1.72. The van der Waals surface area contributed by atoms with Crippen molar-refractivity contribution in [3.8, 4) is 5.75 Å². The number of halogens is 1. The average molecular weight is 356 g/mol. The first-order chi connectivity index (χ1) is 11.0. The Morgan fingerprint density at radius 3 is 3.05 bits per heavy atom. The summed E-state index contributed by atoms with van der Waals surface area (Å²) in [6.45, 7) is -1.29. The van der Waals surface area contributed by atoms with E-state index < -0.39 is 6.98 Å². The molecule has 2 nitrogen and oxygen atoms in total. The molecule has 1 unspecified atom stereocenters. The molecule has 0 radical (unpaired) electrons. The van der Waals surface area contributed by atoms with Gasteiger partial charge in [-0.1, -0.05) is 18.9 Å². The number of likely N-dealkylation sites (tertiary alicyclic amines) is 1. The van der Waals surface area contributed by atoms with E-state index in [9.17, 15) is 0 Å². The van der Waals surface area contributed by atoms with E-state index in [1.807, 2.05) is 11.0 Å². The zero-order valence-electron chi connectivity index (χ0n) is 15.6. The lowest BCUT2D eigenvalue weighted by Gasteiger charge is -2.58. The van der Waals surface area contributed by atoms with Gasteiger partial charge in [-0.3, -0.25) is 0 Å². The van der Waals surface area contributed by atoms with E-state index in [4.69, 9.17) is 8.85 Å². The molecule has 2 bridgehead atoms. The lowest BCUT2D eigenvalue weighted by Crippen LogP contribution is -2.59. The first kappa shape index (κ1) is 12.0. The highest BCUT2D eigenvalue weighted by molar-refractivity contribution is 8.93. The van der Waals surface area contributed by atoms with Crippen LogP contribution in [-0.2, 0) is 11.8 Å². The van der Waals surface area contributed by atoms with Gasteiger partial charge < -0.3 is 9.64 Å². The quantitative estimate of drug-likeness (QED) is 0.707. The Labute approximate surface area is 142 Å². The summed E-state index contributed by atoms with van der Waals surface area (Å²) >= 11 is 0. The van der Waals surface area contributed by atoms with Crippen molar-refractivity contribution in [3.63, 3.8) is 0 Å². The van der Waals surface area contributed by atoms with Gasteiger partial charge in [-0.15, -0.1) is 17.0 Å². The van der Waals surface area contributed by atoms with E-state index in [0.29, 0.717) is 12.5 Å². The average Bonchev–Trinajstić information content (AvgIpc) is 2.53. The number of fused-ring (bicyclic) bond motifs is 1. The summed E-state index contributed by atoms with van der Waals surface area (Å²) in [6.07, 6.45) is 6.68. The van der Waals surface area contributed by atoms with Crippen LogP contribution in [0.1, 0.15) is 47.3 Å². The van der Waals surface area contributed by atoms with Gasteiger partial charge in [0.15, 0.2) is 0 Å². The van der Waals surface area contributed by atoms with Gasteiger partial charge in [0.05, 0.1) is 7.11 Å². The van der Waals surface area contributed by atoms with E-state index >= 15 is 0 Å². The molecule has 1 saturated carbocycles. The SMILES string of the molecule is Br.[2H][13C]([2H])([2H])N1CCC23CCCC[C@@H]2[C@@H]1Cc1ccc(OC)cc13. The maximum absolute atomic E-state index is 7.94. The van der Waals surface area contributed by atoms with Crippen LogP contribution in [0.15, 0.2) is 18.2 Å². The molecule has 0 amide bonds. The number of ether oxygens (including phenoxy) is 1. The normalized spacial score (nSPS) is 37.1. The van der Waals surface area contributed by atoms with Gasteiger partial charge in [-0.05, 0) is 68.4 Å². The molecule has 0 aromatic heterocycles. The Morgan fingerprint density at radius 2 is 2.24 bits per heavy atom. The highest BCUT2D eigenvalue weighted by atomic mass is 79.9. The topological polar surface area (TPSA) is 12.5 Å². The molecule has 2 aliphatic carbocycles. The molecule has 2 fully saturated rings. The Kier molecular flexibility index (Phi) is 3.18. The van der Waals surface area contributed by atoms with Gasteiger partial charge >= 0.3 is 0 Å². The third-order valence-corrected chi connectivity index (χ3v) is 6.04. The van der Waals surface area contributed by atoms with Gasteiger partial charge in [0, 0.05) is 15.6 Å². The molecule has 116 valence electrons. The van der Waals surface area contributed by atoms with Crippen molar-refractivity contribution in [1.82, 2.24) is 4.90 Å². The van der Waals surface area contributed by atoms with Crippen LogP contribution >= 0.6 is 17.0 Å². The fourth-order valence-electron chi connectivity index (χ4n) is 5.11. The predicted octanol–water partition coefficient (Wildman–Crippen LogP) is 3.96. The maximum Gasteiger partial charge on any atom is 0.119 e. The molecule has 1 aliphatic heterocycles. The van der Waals surface area contributed by atoms with E-state index in [0.717, 1.165) is 25.0 Å². The Hall–Kier alpha value is -0.540. The van der Waals surface area contributed by atoms with E-state index in [-0.39, 0.29) is 28.4 Å². The number of rotatable bonds is 1. The van der Waals surface area contributed by atoms with E-state index in [2.05, 4.69) is 12.1 Å². The summed E-state index contributed by atoms with van der Waals surface area (Å²) in [5.74, 6) is 1.41. The number of nitrogens with zero attached hydrogens (tertiary/aromatic N) is 1. The first-order valence-electron chi connectivity index (χ1n) is 9.40. The number of hydrogen-bond acceptors (Lipinski definition) is 2. The van der Waals surface area contributed by atoms with Crippen LogP contribution < -0.4 is 4.74 Å². The number of methoxy groups -OCH3 is 1. The van der Waals surface area contributed by atoms with Crippen LogP contribution in [0, 0.1) is 5.92 Å². The second-order valence-electron chi connectivity index (χ2n) is 6.75. The highest BCUT2D eigenvalue weighted by Gasteiger charge is 2.53. The predicted molar refractivity (Wildman–Crippen MR) is 91.7 cm³/mol. The minimum absolute atomic E-state index is 0. The molecule has 1 saturated heterocycles. The lowest BCUT2D eigenvalue weighted by atomic mass is 9.52. The molecule has 3 atom stereocenters. The van der Waals surface area contributed by atoms with Gasteiger partial charge in [0.25, 0.3) is 0 Å². The van der Waals surface area contributed by atoms with Gasteiger partial charge in [0.2, 0.25) is 0 Å². The highest BCUT2D eigenvalue weighted by Crippen LogP contribution is 2.55. The molecular weight excluding hydrogens is 327 g/mol. The van der Waals surface area contributed by atoms with Crippen LogP contribution in [-0.4, -0.2) is 31.6 Å². The summed E-state index contributed by atoms with van der Waals surface area (Å²) in [5.41, 5.74) is 2.96. The lowest BCUT2D eigenvalue weighted by molar-refractivity contribution is 0.00274. The van der Waals surface area contributed by atoms with E-state index in [1.54, 1.807) is 7.11 Å². The molecule has 0 N–H and O–H groups in total. The summed E-state index contributed by atoms with van der Waals surface area (Å²) < 4.78 is 29.3. The standard InChI is InChI=1S/C18H25NO.BrH/c1-19-10-9-18-8-4-3-5-15(18)17(19)11-13-6-7-14(20-2)12-16(13)18;/h6-7,12,15,17H,3-5,8-11H2,1-2H3;1H/t15-,17+,18?;/m1./s1/i1+1D3;. The van der Waals surface area contributed by atoms with Crippen molar-refractivity contribution in [2.24, 2.45) is 5.92 Å². The van der Waals surface area contributed by atoms with Crippen LogP contribution in [0.4, 0.5) is 0 Å². The zero-order chi connectivity index (χ0) is 16.2.